The van der Waals surface area contributed by atoms with Crippen molar-refractivity contribution in [2.45, 2.75) is 13.0 Å². The van der Waals surface area contributed by atoms with E-state index < -0.39 is 9.84 Å². The van der Waals surface area contributed by atoms with Crippen LogP contribution in [0.3, 0.4) is 0 Å². The monoisotopic (exact) mass is 282 g/mol. The van der Waals surface area contributed by atoms with Crippen LogP contribution in [0.25, 0.3) is 0 Å². The maximum absolute atomic E-state index is 11.4. The average molecular weight is 282 g/mol. The van der Waals surface area contributed by atoms with Gasteiger partial charge in [0.2, 0.25) is 0 Å². The number of likely N-dealkylation sites (N-methyl/N-ethyl adjacent to an activating group) is 1. The molecular formula is C14H22N2O2S. The number of hydrogen-bond acceptors (Lipinski definition) is 4. The van der Waals surface area contributed by atoms with E-state index in [1.54, 1.807) is 0 Å². The molecular weight excluding hydrogens is 260 g/mol. The van der Waals surface area contributed by atoms with Gasteiger partial charge in [0.05, 0.1) is 11.5 Å². The second-order valence-electron chi connectivity index (χ2n) is 5.05. The Balaban J connectivity index is 1.99. The summed E-state index contributed by atoms with van der Waals surface area (Å²) < 4.78 is 22.8. The average Bonchev–Trinajstić information content (AvgIpc) is 2.40. The minimum atomic E-state index is -2.78. The third-order valence-electron chi connectivity index (χ3n) is 3.59. The highest BCUT2D eigenvalue weighted by Crippen LogP contribution is 2.14. The molecule has 1 fully saturated rings. The van der Waals surface area contributed by atoms with Gasteiger partial charge in [-0.25, -0.2) is 8.42 Å². The topological polar surface area (TPSA) is 49.4 Å². The Morgan fingerprint density at radius 1 is 1.16 bits per heavy atom. The van der Waals surface area contributed by atoms with Crippen molar-refractivity contribution in [1.29, 1.82) is 0 Å². The zero-order valence-corrected chi connectivity index (χ0v) is 12.2. The Kier molecular flexibility index (Phi) is 4.96. The second-order valence-corrected chi connectivity index (χ2v) is 7.35. The molecule has 4 nitrogen and oxygen atoms in total. The van der Waals surface area contributed by atoms with Crippen molar-refractivity contribution in [2.24, 2.45) is 0 Å². The van der Waals surface area contributed by atoms with Gasteiger partial charge in [-0.05, 0) is 31.1 Å². The van der Waals surface area contributed by atoms with E-state index in [4.69, 9.17) is 0 Å². The van der Waals surface area contributed by atoms with E-state index in [0.29, 0.717) is 24.6 Å². The molecule has 0 atom stereocenters. The van der Waals surface area contributed by atoms with Gasteiger partial charge in [0.25, 0.3) is 0 Å². The third kappa shape index (κ3) is 4.30. The molecule has 0 saturated carbocycles. The van der Waals surface area contributed by atoms with E-state index in [9.17, 15) is 8.42 Å². The molecule has 19 heavy (non-hydrogen) atoms. The minimum absolute atomic E-state index is 0.297. The van der Waals surface area contributed by atoms with Gasteiger partial charge in [0.1, 0.15) is 0 Å². The molecule has 1 N–H and O–H groups in total. The van der Waals surface area contributed by atoms with Gasteiger partial charge in [-0.2, -0.15) is 0 Å². The molecule has 1 aliphatic rings. The fourth-order valence-electron chi connectivity index (χ4n) is 2.36. The summed E-state index contributed by atoms with van der Waals surface area (Å²) in [6.45, 7) is 3.13. The molecule has 1 heterocycles. The highest BCUT2D eigenvalue weighted by Gasteiger charge is 2.21. The maximum atomic E-state index is 11.4. The van der Waals surface area contributed by atoms with Crippen LogP contribution in [0.5, 0.6) is 0 Å². The summed E-state index contributed by atoms with van der Waals surface area (Å²) in [6.07, 6.45) is 1.01. The van der Waals surface area contributed by atoms with Crippen molar-refractivity contribution in [1.82, 2.24) is 10.2 Å². The smallest absolute Gasteiger partial charge is 0.152 e. The van der Waals surface area contributed by atoms with E-state index in [1.165, 1.54) is 11.1 Å². The Labute approximate surface area is 115 Å². The summed E-state index contributed by atoms with van der Waals surface area (Å²) in [4.78, 5) is 2.24. The van der Waals surface area contributed by atoms with Gasteiger partial charge in [-0.15, -0.1) is 0 Å². The number of sulfone groups is 1. The van der Waals surface area contributed by atoms with E-state index in [1.807, 2.05) is 7.05 Å². The predicted molar refractivity (Wildman–Crippen MR) is 78.0 cm³/mol. The second kappa shape index (κ2) is 6.50. The molecule has 0 amide bonds. The first-order valence-corrected chi connectivity index (χ1v) is 8.57. The third-order valence-corrected chi connectivity index (χ3v) is 5.20. The summed E-state index contributed by atoms with van der Waals surface area (Å²) in [7, 11) is -0.827. The Hall–Kier alpha value is -0.910. The van der Waals surface area contributed by atoms with Crippen LogP contribution in [-0.4, -0.2) is 51.5 Å². The molecule has 0 radical (unpaired) electrons. The number of nitrogens with one attached hydrogen (secondary N) is 1. The SMILES string of the molecule is CNCCc1ccccc1CN1CCS(=O)(=O)CC1. The van der Waals surface area contributed by atoms with Crippen LogP contribution in [0.2, 0.25) is 0 Å². The zero-order chi connectivity index (χ0) is 13.7. The van der Waals surface area contributed by atoms with E-state index in [2.05, 4.69) is 34.5 Å². The highest BCUT2D eigenvalue weighted by atomic mass is 32.2. The van der Waals surface area contributed by atoms with Crippen LogP contribution in [0.15, 0.2) is 24.3 Å². The van der Waals surface area contributed by atoms with E-state index >= 15 is 0 Å². The summed E-state index contributed by atoms with van der Waals surface area (Å²) in [5, 5.41) is 3.16. The maximum Gasteiger partial charge on any atom is 0.152 e. The van der Waals surface area contributed by atoms with E-state index in [-0.39, 0.29) is 0 Å². The molecule has 2 rings (SSSR count). The van der Waals surface area contributed by atoms with Crippen LogP contribution in [-0.2, 0) is 22.8 Å². The highest BCUT2D eigenvalue weighted by molar-refractivity contribution is 7.91. The van der Waals surface area contributed by atoms with Crippen molar-refractivity contribution in [3.05, 3.63) is 35.4 Å². The first-order chi connectivity index (χ1) is 9.11. The van der Waals surface area contributed by atoms with Crippen molar-refractivity contribution < 1.29 is 8.42 Å². The lowest BCUT2D eigenvalue weighted by molar-refractivity contribution is 0.287. The number of nitrogens with zero attached hydrogens (tertiary/aromatic N) is 1. The zero-order valence-electron chi connectivity index (χ0n) is 11.4. The van der Waals surface area contributed by atoms with Crippen LogP contribution >= 0.6 is 0 Å². The predicted octanol–water partition coefficient (Wildman–Crippen LogP) is 0.679. The molecule has 1 aliphatic heterocycles. The van der Waals surface area contributed by atoms with Gasteiger partial charge in [-0.1, -0.05) is 24.3 Å². The molecule has 0 unspecified atom stereocenters. The Morgan fingerprint density at radius 3 is 2.42 bits per heavy atom. The van der Waals surface area contributed by atoms with Crippen molar-refractivity contribution in [2.75, 3.05) is 38.2 Å². The molecule has 5 heteroatoms. The summed E-state index contributed by atoms with van der Waals surface area (Å²) >= 11 is 0. The van der Waals surface area contributed by atoms with Gasteiger partial charge < -0.3 is 5.32 Å². The summed E-state index contributed by atoms with van der Waals surface area (Å²) in [5.41, 5.74) is 2.67. The first kappa shape index (κ1) is 14.5. The van der Waals surface area contributed by atoms with Crippen molar-refractivity contribution >= 4 is 9.84 Å². The van der Waals surface area contributed by atoms with Gasteiger partial charge in [0.15, 0.2) is 9.84 Å². The fourth-order valence-corrected chi connectivity index (χ4v) is 3.64. The molecule has 1 aromatic rings. The molecule has 1 aromatic carbocycles. The van der Waals surface area contributed by atoms with Crippen LogP contribution in [0.4, 0.5) is 0 Å². The van der Waals surface area contributed by atoms with Crippen molar-refractivity contribution in [3.8, 4) is 0 Å². The molecule has 0 spiro atoms. The lowest BCUT2D eigenvalue weighted by Gasteiger charge is -2.27. The lowest BCUT2D eigenvalue weighted by Crippen LogP contribution is -2.39. The molecule has 0 aromatic heterocycles. The quantitative estimate of drug-likeness (QED) is 0.863. The van der Waals surface area contributed by atoms with Gasteiger partial charge in [-0.3, -0.25) is 4.90 Å². The van der Waals surface area contributed by atoms with E-state index in [0.717, 1.165) is 19.5 Å². The van der Waals surface area contributed by atoms with Crippen molar-refractivity contribution in [3.63, 3.8) is 0 Å². The van der Waals surface area contributed by atoms with Crippen LogP contribution in [0, 0.1) is 0 Å². The standard InChI is InChI=1S/C14H22N2O2S/c1-15-7-6-13-4-2-3-5-14(13)12-16-8-10-19(17,18)11-9-16/h2-5,15H,6-12H2,1H3. The Bertz CT molecular complexity index is 500. The van der Waals surface area contributed by atoms with Gasteiger partial charge in [0, 0.05) is 19.6 Å². The molecule has 0 bridgehead atoms. The molecule has 106 valence electrons. The molecule has 1 saturated heterocycles. The summed E-state index contributed by atoms with van der Waals surface area (Å²) in [6, 6.07) is 8.43. The molecule has 0 aliphatic carbocycles. The number of hydrogen-bond donors (Lipinski definition) is 1. The lowest BCUT2D eigenvalue weighted by atomic mass is 10.0. The van der Waals surface area contributed by atoms with Gasteiger partial charge >= 0.3 is 0 Å². The first-order valence-electron chi connectivity index (χ1n) is 6.75. The normalized spacial score (nSPS) is 19.4. The Morgan fingerprint density at radius 2 is 1.79 bits per heavy atom. The van der Waals surface area contributed by atoms with Crippen LogP contribution in [0.1, 0.15) is 11.1 Å². The fraction of sp³-hybridized carbons (Fsp3) is 0.571. The summed E-state index contributed by atoms with van der Waals surface area (Å²) in [5.74, 6) is 0.595. The number of rotatable bonds is 5. The minimum Gasteiger partial charge on any atom is -0.319 e. The largest absolute Gasteiger partial charge is 0.319 e. The number of benzene rings is 1. The van der Waals surface area contributed by atoms with Crippen LogP contribution < -0.4 is 5.32 Å².